The molecule has 4 aromatic rings. The van der Waals surface area contributed by atoms with Crippen molar-refractivity contribution < 1.29 is 36.0 Å². The number of nitro benzene ring substituents is 1. The van der Waals surface area contributed by atoms with Crippen molar-refractivity contribution in [3.8, 4) is 11.5 Å². The predicted molar refractivity (Wildman–Crippen MR) is 164 cm³/mol. The fourth-order valence-corrected chi connectivity index (χ4v) is 6.56. The smallest absolute Gasteiger partial charge is 0.273 e. The van der Waals surface area contributed by atoms with Crippen LogP contribution < -0.4 is 23.8 Å². The molecule has 4 aromatic carbocycles. The standard InChI is InChI=1S/C29H28N4O9S2/c1-20-4-15-27(18-28(20)33(35)36)44(39,40)32(23-9-13-25(42-3)14-10-23)19-29(34)30-21-7-16-26(17-8-21)43(37,38)31-22-5-11-24(41-2)12-6-22/h4-18,31H,19H2,1-3H3,(H,30,34). The number of ether oxygens (including phenoxy) is 2. The van der Waals surface area contributed by atoms with E-state index in [1.165, 1.54) is 81.8 Å². The number of nitrogens with zero attached hydrogens (tertiary/aromatic N) is 2. The Kier molecular flexibility index (Phi) is 9.40. The minimum atomic E-state index is -4.46. The molecule has 15 heteroatoms. The molecular weight excluding hydrogens is 612 g/mol. The molecule has 0 aliphatic carbocycles. The summed E-state index contributed by atoms with van der Waals surface area (Å²) in [4.78, 5) is 23.4. The van der Waals surface area contributed by atoms with Crippen molar-refractivity contribution in [2.24, 2.45) is 0 Å². The van der Waals surface area contributed by atoms with Crippen LogP contribution >= 0.6 is 0 Å². The second-order valence-electron chi connectivity index (χ2n) is 9.32. The van der Waals surface area contributed by atoms with Crippen LogP contribution in [-0.2, 0) is 24.8 Å². The van der Waals surface area contributed by atoms with Crippen LogP contribution in [0.15, 0.2) is 101 Å². The molecule has 44 heavy (non-hydrogen) atoms. The van der Waals surface area contributed by atoms with Crippen molar-refractivity contribution in [1.82, 2.24) is 0 Å². The van der Waals surface area contributed by atoms with Crippen molar-refractivity contribution in [2.45, 2.75) is 16.7 Å². The third-order valence-electron chi connectivity index (χ3n) is 6.40. The van der Waals surface area contributed by atoms with Crippen LogP contribution in [0.3, 0.4) is 0 Å². The van der Waals surface area contributed by atoms with E-state index < -0.39 is 37.4 Å². The normalized spacial score (nSPS) is 11.3. The number of nitro groups is 1. The summed E-state index contributed by atoms with van der Waals surface area (Å²) in [7, 11) is -5.48. The Bertz CT molecular complexity index is 1880. The van der Waals surface area contributed by atoms with Crippen molar-refractivity contribution in [2.75, 3.05) is 35.1 Å². The molecule has 2 N–H and O–H groups in total. The van der Waals surface area contributed by atoms with Gasteiger partial charge in [-0.1, -0.05) is 6.07 Å². The van der Waals surface area contributed by atoms with Crippen LogP contribution in [0.2, 0.25) is 0 Å². The van der Waals surface area contributed by atoms with E-state index in [1.54, 1.807) is 24.3 Å². The molecule has 230 valence electrons. The van der Waals surface area contributed by atoms with E-state index in [0.717, 1.165) is 10.4 Å². The van der Waals surface area contributed by atoms with E-state index >= 15 is 0 Å². The zero-order valence-corrected chi connectivity index (χ0v) is 25.4. The molecule has 4 rings (SSSR count). The van der Waals surface area contributed by atoms with E-state index in [2.05, 4.69) is 10.0 Å². The quantitative estimate of drug-likeness (QED) is 0.166. The van der Waals surface area contributed by atoms with Crippen LogP contribution in [0.5, 0.6) is 11.5 Å². The lowest BCUT2D eigenvalue weighted by atomic mass is 10.2. The van der Waals surface area contributed by atoms with Crippen LogP contribution in [0.4, 0.5) is 22.7 Å². The Morgan fingerprint density at radius 2 is 1.32 bits per heavy atom. The Labute approximate surface area is 254 Å². The number of rotatable bonds is 12. The highest BCUT2D eigenvalue weighted by atomic mass is 32.2. The molecule has 0 atom stereocenters. The third kappa shape index (κ3) is 7.25. The van der Waals surface area contributed by atoms with E-state index in [1.807, 2.05) is 0 Å². The van der Waals surface area contributed by atoms with Crippen molar-refractivity contribution in [3.63, 3.8) is 0 Å². The summed E-state index contributed by atoms with van der Waals surface area (Å²) in [6, 6.07) is 20.9. The number of anilines is 3. The number of methoxy groups -OCH3 is 2. The summed E-state index contributed by atoms with van der Waals surface area (Å²) in [5.74, 6) is 0.252. The number of aryl methyl sites for hydroxylation is 1. The molecule has 0 heterocycles. The van der Waals surface area contributed by atoms with Gasteiger partial charge in [0.2, 0.25) is 5.91 Å². The molecule has 1 amide bonds. The fraction of sp³-hybridized carbons (Fsp3) is 0.138. The fourth-order valence-electron chi connectivity index (χ4n) is 4.06. The van der Waals surface area contributed by atoms with Gasteiger partial charge in [0.25, 0.3) is 25.7 Å². The lowest BCUT2D eigenvalue weighted by molar-refractivity contribution is -0.385. The third-order valence-corrected chi connectivity index (χ3v) is 9.57. The SMILES string of the molecule is COc1ccc(NS(=O)(=O)c2ccc(NC(=O)CN(c3ccc(OC)cc3)S(=O)(=O)c3ccc(C)c([N+](=O)[O-])c3)cc2)cc1. The molecule has 0 saturated carbocycles. The lowest BCUT2D eigenvalue weighted by Gasteiger charge is -2.24. The van der Waals surface area contributed by atoms with Crippen molar-refractivity contribution >= 4 is 48.7 Å². The van der Waals surface area contributed by atoms with Gasteiger partial charge in [0, 0.05) is 23.0 Å². The summed E-state index contributed by atoms with van der Waals surface area (Å²) in [6.07, 6.45) is 0. The first-order valence-corrected chi connectivity index (χ1v) is 15.7. The molecule has 0 radical (unpaired) electrons. The topological polar surface area (TPSA) is 174 Å². The first-order chi connectivity index (χ1) is 20.8. The molecule has 0 aromatic heterocycles. The summed E-state index contributed by atoms with van der Waals surface area (Å²) in [6.45, 7) is 0.782. The minimum Gasteiger partial charge on any atom is -0.497 e. The van der Waals surface area contributed by atoms with Gasteiger partial charge >= 0.3 is 0 Å². The summed E-state index contributed by atoms with van der Waals surface area (Å²) < 4.78 is 66.5. The zero-order valence-electron chi connectivity index (χ0n) is 23.8. The highest BCUT2D eigenvalue weighted by Crippen LogP contribution is 2.29. The van der Waals surface area contributed by atoms with Gasteiger partial charge in [0.15, 0.2) is 0 Å². The molecule has 0 spiro atoms. The zero-order chi connectivity index (χ0) is 32.1. The molecule has 0 saturated heterocycles. The Morgan fingerprint density at radius 1 is 0.795 bits per heavy atom. The molecule has 0 aliphatic heterocycles. The van der Waals surface area contributed by atoms with Crippen LogP contribution in [0.1, 0.15) is 5.56 Å². The molecule has 0 unspecified atom stereocenters. The number of hydrogen-bond donors (Lipinski definition) is 2. The number of carbonyl (C=O) groups excluding carboxylic acids is 1. The monoisotopic (exact) mass is 640 g/mol. The van der Waals surface area contributed by atoms with E-state index in [9.17, 15) is 31.7 Å². The largest absolute Gasteiger partial charge is 0.497 e. The molecule has 0 fully saturated rings. The first kappa shape index (κ1) is 31.8. The van der Waals surface area contributed by atoms with Gasteiger partial charge in [-0.3, -0.25) is 23.9 Å². The number of sulfonamides is 2. The molecule has 13 nitrogen and oxygen atoms in total. The van der Waals surface area contributed by atoms with Crippen LogP contribution in [0, 0.1) is 17.0 Å². The summed E-state index contributed by atoms with van der Waals surface area (Å²) >= 11 is 0. The molecular formula is C29H28N4O9S2. The van der Waals surface area contributed by atoms with Crippen LogP contribution in [-0.4, -0.2) is 48.4 Å². The van der Waals surface area contributed by atoms with Crippen LogP contribution in [0.25, 0.3) is 0 Å². The number of hydrogen-bond acceptors (Lipinski definition) is 9. The van der Waals surface area contributed by atoms with Gasteiger partial charge in [-0.05, 0) is 85.8 Å². The van der Waals surface area contributed by atoms with E-state index in [0.29, 0.717) is 17.2 Å². The predicted octanol–water partition coefficient (Wildman–Crippen LogP) is 4.56. The van der Waals surface area contributed by atoms with Crippen molar-refractivity contribution in [1.29, 1.82) is 0 Å². The lowest BCUT2D eigenvalue weighted by Crippen LogP contribution is -2.38. The molecule has 0 bridgehead atoms. The van der Waals surface area contributed by atoms with Gasteiger partial charge < -0.3 is 14.8 Å². The van der Waals surface area contributed by atoms with Gasteiger partial charge in [0.1, 0.15) is 18.0 Å². The van der Waals surface area contributed by atoms with E-state index in [4.69, 9.17) is 9.47 Å². The maximum atomic E-state index is 13.7. The number of benzene rings is 4. The summed E-state index contributed by atoms with van der Waals surface area (Å²) in [5, 5.41) is 14.0. The number of carbonyl (C=O) groups is 1. The van der Waals surface area contributed by atoms with Gasteiger partial charge in [-0.2, -0.15) is 0 Å². The van der Waals surface area contributed by atoms with Gasteiger partial charge in [0.05, 0.1) is 34.6 Å². The highest BCUT2D eigenvalue weighted by Gasteiger charge is 2.29. The maximum Gasteiger partial charge on any atom is 0.273 e. The van der Waals surface area contributed by atoms with Gasteiger partial charge in [-0.15, -0.1) is 0 Å². The number of amides is 1. The van der Waals surface area contributed by atoms with Gasteiger partial charge in [-0.25, -0.2) is 16.8 Å². The molecule has 0 aliphatic rings. The van der Waals surface area contributed by atoms with Crippen molar-refractivity contribution in [3.05, 3.63) is 107 Å². The average molecular weight is 641 g/mol. The second-order valence-corrected chi connectivity index (χ2v) is 12.9. The Balaban J connectivity index is 1.56. The minimum absolute atomic E-state index is 0.0743. The summed E-state index contributed by atoms with van der Waals surface area (Å²) in [5.41, 5.74) is 0.516. The van der Waals surface area contributed by atoms with E-state index in [-0.39, 0.29) is 32.4 Å². The Morgan fingerprint density at radius 3 is 1.86 bits per heavy atom. The Hall–Kier alpha value is -5.15. The maximum absolute atomic E-state index is 13.7. The highest BCUT2D eigenvalue weighted by molar-refractivity contribution is 7.93. The number of nitrogens with one attached hydrogen (secondary N) is 2. The first-order valence-electron chi connectivity index (χ1n) is 12.8. The average Bonchev–Trinajstić information content (AvgIpc) is 3.00. The second kappa shape index (κ2) is 13.0.